The normalized spacial score (nSPS) is 13.7. The van der Waals surface area contributed by atoms with Crippen molar-refractivity contribution in [2.45, 2.75) is 70.1 Å². The highest BCUT2D eigenvalue weighted by Crippen LogP contribution is 2.61. The Morgan fingerprint density at radius 2 is 0.700 bits per heavy atom. The summed E-state index contributed by atoms with van der Waals surface area (Å²) in [5, 5.41) is 16.3. The molecule has 0 spiro atoms. The van der Waals surface area contributed by atoms with Gasteiger partial charge in [-0.3, -0.25) is 0 Å². The Bertz CT molecular complexity index is 560. The zero-order valence-corrected chi connectivity index (χ0v) is 18.7. The van der Waals surface area contributed by atoms with Crippen LogP contribution in [0.5, 0.6) is 0 Å². The van der Waals surface area contributed by atoms with Gasteiger partial charge in [-0.2, -0.15) is 63.2 Å². The van der Waals surface area contributed by atoms with Crippen molar-refractivity contribution in [2.75, 3.05) is 0 Å². The van der Waals surface area contributed by atoms with Crippen molar-refractivity contribution in [3.8, 4) is 12.1 Å². The predicted octanol–water partition coefficient (Wildman–Crippen LogP) is 7.96. The molecule has 176 valence electrons. The predicted molar refractivity (Wildman–Crippen MR) is 96.7 cm³/mol. The van der Waals surface area contributed by atoms with Gasteiger partial charge in [-0.1, -0.05) is 12.8 Å². The SMILES string of the molecule is FC(F)(I)C(F)(F)C(F)(F)C(F)(F)C(F)(F)C(F)(F)I.N#CCCCCCCC#N. The number of nitriles is 2. The van der Waals surface area contributed by atoms with E-state index in [1.165, 1.54) is 0 Å². The van der Waals surface area contributed by atoms with Crippen LogP contribution in [0.25, 0.3) is 0 Å². The van der Waals surface area contributed by atoms with Crippen molar-refractivity contribution in [3.63, 3.8) is 0 Å². The van der Waals surface area contributed by atoms with Crippen LogP contribution in [0.3, 0.4) is 0 Å². The molecule has 0 saturated heterocycles. The summed E-state index contributed by atoms with van der Waals surface area (Å²) in [7, 11) is 0. The van der Waals surface area contributed by atoms with Gasteiger partial charge in [0.15, 0.2) is 0 Å². The molecule has 0 aliphatic heterocycles. The summed E-state index contributed by atoms with van der Waals surface area (Å²) in [6.45, 7) is 0. The first-order chi connectivity index (χ1) is 13.2. The lowest BCUT2D eigenvalue weighted by molar-refractivity contribution is -0.401. The molecule has 16 heteroatoms. The number of hydrogen-bond acceptors (Lipinski definition) is 2. The molecular weight excluding hydrogens is 678 g/mol. The fourth-order valence-corrected chi connectivity index (χ4v) is 2.19. The quantitative estimate of drug-likeness (QED) is 0.101. The van der Waals surface area contributed by atoms with Crippen LogP contribution in [-0.4, -0.2) is 31.5 Å². The van der Waals surface area contributed by atoms with Gasteiger partial charge in [-0.25, -0.2) is 0 Å². The molecule has 0 aromatic carbocycles. The maximum Gasteiger partial charge on any atom is 0.387 e. The zero-order chi connectivity index (χ0) is 24.7. The summed E-state index contributed by atoms with van der Waals surface area (Å²) in [5.41, 5.74) is 0. The van der Waals surface area contributed by atoms with Gasteiger partial charge in [0, 0.05) is 58.0 Å². The van der Waals surface area contributed by atoms with E-state index in [-0.39, 0.29) is 0 Å². The standard InChI is InChI=1S/C8H12N2.C6F12I2/c9-7-5-3-1-2-4-6-8-10;7-1(8,3(11,12)5(15,16)19)2(9,10)4(13,14)6(17,18)20/h1-6H2;. The van der Waals surface area contributed by atoms with Crippen LogP contribution in [-0.2, 0) is 0 Å². The lowest BCUT2D eigenvalue weighted by Gasteiger charge is -2.39. The lowest BCUT2D eigenvalue weighted by atomic mass is 9.99. The van der Waals surface area contributed by atoms with Gasteiger partial charge in [-0.05, 0) is 12.8 Å². The fourth-order valence-electron chi connectivity index (χ4n) is 1.51. The molecule has 0 rings (SSSR count). The van der Waals surface area contributed by atoms with E-state index < -0.39 is 76.7 Å². The van der Waals surface area contributed by atoms with Gasteiger partial charge >= 0.3 is 31.5 Å². The van der Waals surface area contributed by atoms with E-state index in [0.717, 1.165) is 25.7 Å². The molecule has 0 unspecified atom stereocenters. The first-order valence-corrected chi connectivity index (χ1v) is 9.71. The topological polar surface area (TPSA) is 47.6 Å². The highest BCUT2D eigenvalue weighted by molar-refractivity contribution is 14.1. The van der Waals surface area contributed by atoms with Crippen molar-refractivity contribution in [1.29, 1.82) is 10.5 Å². The van der Waals surface area contributed by atoms with Crippen molar-refractivity contribution in [1.82, 2.24) is 0 Å². The second-order valence-corrected chi connectivity index (χ2v) is 8.23. The molecule has 0 aromatic heterocycles. The first kappa shape index (κ1) is 31.8. The van der Waals surface area contributed by atoms with Crippen LogP contribution in [0.2, 0.25) is 0 Å². The number of rotatable bonds is 10. The largest absolute Gasteiger partial charge is 0.387 e. The minimum Gasteiger partial charge on any atom is -0.198 e. The maximum atomic E-state index is 12.7. The van der Waals surface area contributed by atoms with Gasteiger partial charge in [0.25, 0.3) is 0 Å². The third-order valence-electron chi connectivity index (χ3n) is 3.22. The monoisotopic (exact) mass is 690 g/mol. The van der Waals surface area contributed by atoms with Gasteiger partial charge in [0.1, 0.15) is 0 Å². The van der Waals surface area contributed by atoms with Gasteiger partial charge in [0.05, 0.1) is 12.1 Å². The molecular formula is C14H12F12I2N2. The highest BCUT2D eigenvalue weighted by Gasteiger charge is 2.89. The van der Waals surface area contributed by atoms with Gasteiger partial charge < -0.3 is 0 Å². The third kappa shape index (κ3) is 7.33. The summed E-state index contributed by atoms with van der Waals surface area (Å²) in [5.74, 6) is -28.9. The second-order valence-electron chi connectivity index (χ2n) is 5.52. The molecule has 0 fully saturated rings. The zero-order valence-electron chi connectivity index (χ0n) is 14.4. The van der Waals surface area contributed by atoms with E-state index in [1.54, 1.807) is 0 Å². The van der Waals surface area contributed by atoms with Crippen LogP contribution < -0.4 is 0 Å². The van der Waals surface area contributed by atoms with Crippen molar-refractivity contribution >= 4 is 45.2 Å². The van der Waals surface area contributed by atoms with E-state index >= 15 is 0 Å². The van der Waals surface area contributed by atoms with E-state index in [9.17, 15) is 52.7 Å². The Labute approximate surface area is 190 Å². The smallest absolute Gasteiger partial charge is 0.198 e. The second kappa shape index (κ2) is 11.5. The first-order valence-electron chi connectivity index (χ1n) is 7.55. The van der Waals surface area contributed by atoms with Crippen LogP contribution in [0, 0.1) is 22.7 Å². The molecule has 0 bridgehead atoms. The molecule has 0 aromatic rings. The molecule has 0 amide bonds. The number of alkyl halides is 14. The summed E-state index contributed by atoms with van der Waals surface area (Å²) < 4.78 is 138. The number of unbranched alkanes of at least 4 members (excludes halogenated alkanes) is 5. The number of nitrogens with zero attached hydrogens (tertiary/aromatic N) is 2. The summed E-state index contributed by atoms with van der Waals surface area (Å²) >= 11 is -1.39. The van der Waals surface area contributed by atoms with Crippen LogP contribution in [0.15, 0.2) is 0 Å². The molecule has 0 aliphatic rings. The summed E-state index contributed by atoms with van der Waals surface area (Å²) in [6.07, 6.45) is 5.48. The third-order valence-corrected chi connectivity index (χ3v) is 4.58. The average Bonchev–Trinajstić information content (AvgIpc) is 2.56. The molecule has 0 aliphatic carbocycles. The van der Waals surface area contributed by atoms with Gasteiger partial charge in [0.2, 0.25) is 0 Å². The summed E-state index contributed by atoms with van der Waals surface area (Å²) in [6, 6.07) is 4.19. The van der Waals surface area contributed by atoms with E-state index in [2.05, 4.69) is 12.1 Å². The molecule has 0 heterocycles. The Balaban J connectivity index is 0. The molecule has 30 heavy (non-hydrogen) atoms. The molecule has 0 atom stereocenters. The van der Waals surface area contributed by atoms with Crippen molar-refractivity contribution < 1.29 is 52.7 Å². The Morgan fingerprint density at radius 3 is 0.867 bits per heavy atom. The van der Waals surface area contributed by atoms with E-state index in [0.29, 0.717) is 12.8 Å². The van der Waals surface area contributed by atoms with Crippen LogP contribution >= 0.6 is 45.2 Å². The molecule has 0 N–H and O–H groups in total. The average molecular weight is 690 g/mol. The van der Waals surface area contributed by atoms with Crippen LogP contribution in [0.1, 0.15) is 38.5 Å². The highest BCUT2D eigenvalue weighted by atomic mass is 127. The summed E-state index contributed by atoms with van der Waals surface area (Å²) in [4.78, 5) is 0. The Hall–Kier alpha value is -0.400. The van der Waals surface area contributed by atoms with Crippen LogP contribution in [0.4, 0.5) is 52.7 Å². The van der Waals surface area contributed by atoms with Crippen molar-refractivity contribution in [3.05, 3.63) is 0 Å². The number of hydrogen-bond donors (Lipinski definition) is 0. The fraction of sp³-hybridized carbons (Fsp3) is 0.857. The van der Waals surface area contributed by atoms with E-state index in [1.807, 2.05) is 0 Å². The molecule has 2 nitrogen and oxygen atoms in total. The van der Waals surface area contributed by atoms with Gasteiger partial charge in [-0.15, -0.1) is 0 Å². The minimum atomic E-state index is -7.44. The Kier molecular flexibility index (Phi) is 12.1. The van der Waals surface area contributed by atoms with E-state index in [4.69, 9.17) is 10.5 Å². The molecule has 0 saturated carbocycles. The minimum absolute atomic E-state index is 0.659. The van der Waals surface area contributed by atoms with Crippen molar-refractivity contribution in [2.24, 2.45) is 0 Å². The number of halogens is 14. The lowest BCUT2D eigenvalue weighted by Crippen LogP contribution is -2.68. The Morgan fingerprint density at radius 1 is 0.467 bits per heavy atom. The molecule has 0 radical (unpaired) electrons. The maximum absolute atomic E-state index is 12.7.